The second kappa shape index (κ2) is 8.54. The summed E-state index contributed by atoms with van der Waals surface area (Å²) in [5, 5.41) is 2.97. The monoisotopic (exact) mass is 375 g/mol. The van der Waals surface area contributed by atoms with Crippen molar-refractivity contribution in [1.82, 2.24) is 0 Å². The average Bonchev–Trinajstić information content (AvgIpc) is 2.65. The van der Waals surface area contributed by atoms with Crippen LogP contribution in [0.25, 0.3) is 0 Å². The minimum absolute atomic E-state index is 0.140. The van der Waals surface area contributed by atoms with Gasteiger partial charge in [0.2, 0.25) is 5.91 Å². The maximum Gasteiger partial charge on any atom is 0.224 e. The van der Waals surface area contributed by atoms with E-state index in [1.54, 1.807) is 13.2 Å². The smallest absolute Gasteiger partial charge is 0.224 e. The van der Waals surface area contributed by atoms with Crippen molar-refractivity contribution in [1.29, 1.82) is 0 Å². The second-order valence-electron chi connectivity index (χ2n) is 6.87. The van der Waals surface area contributed by atoms with Crippen molar-refractivity contribution in [2.75, 3.05) is 12.4 Å². The summed E-state index contributed by atoms with van der Waals surface area (Å²) in [7, 11) is 1.67. The molecule has 0 aromatic heterocycles. The van der Waals surface area contributed by atoms with Gasteiger partial charge in [0.25, 0.3) is 0 Å². The lowest BCUT2D eigenvalue weighted by Crippen LogP contribution is -2.21. The second-order valence-corrected chi connectivity index (χ2v) is 7.30. The molecule has 1 fully saturated rings. The van der Waals surface area contributed by atoms with E-state index >= 15 is 0 Å². The molecule has 2 aromatic rings. The number of rotatable bonds is 5. The van der Waals surface area contributed by atoms with Crippen LogP contribution >= 0.6 is 11.6 Å². The van der Waals surface area contributed by atoms with Gasteiger partial charge >= 0.3 is 0 Å². The number of nitrogens with one attached hydrogen (secondary N) is 1. The summed E-state index contributed by atoms with van der Waals surface area (Å²) < 4.78 is 19.0. The average molecular weight is 376 g/mol. The summed E-state index contributed by atoms with van der Waals surface area (Å²) >= 11 is 5.73. The van der Waals surface area contributed by atoms with Crippen LogP contribution in [0.4, 0.5) is 10.1 Å². The highest BCUT2D eigenvalue weighted by Crippen LogP contribution is 2.37. The molecule has 0 aliphatic heterocycles. The van der Waals surface area contributed by atoms with Crippen LogP contribution in [0.3, 0.4) is 0 Å². The number of anilines is 1. The quantitative estimate of drug-likeness (QED) is 0.718. The zero-order chi connectivity index (χ0) is 18.5. The largest absolute Gasteiger partial charge is 0.497 e. The molecule has 2 aromatic carbocycles. The Morgan fingerprint density at radius 1 is 1.15 bits per heavy atom. The number of halogens is 2. The molecular weight excluding hydrogens is 353 g/mol. The van der Waals surface area contributed by atoms with E-state index in [2.05, 4.69) is 17.4 Å². The highest BCUT2D eigenvalue weighted by Gasteiger charge is 2.24. The summed E-state index contributed by atoms with van der Waals surface area (Å²) in [6, 6.07) is 12.5. The summed E-state index contributed by atoms with van der Waals surface area (Å²) in [5.74, 6) is 1.11. The van der Waals surface area contributed by atoms with E-state index in [0.717, 1.165) is 31.4 Å². The van der Waals surface area contributed by atoms with E-state index in [0.29, 0.717) is 23.3 Å². The highest BCUT2D eigenvalue weighted by atomic mass is 35.5. The highest BCUT2D eigenvalue weighted by molar-refractivity contribution is 6.30. The first-order chi connectivity index (χ1) is 12.5. The van der Waals surface area contributed by atoms with Gasteiger partial charge in [0, 0.05) is 11.4 Å². The predicted molar refractivity (Wildman–Crippen MR) is 102 cm³/mol. The molecule has 1 saturated carbocycles. The normalized spacial score (nSPS) is 19.8. The Bertz CT molecular complexity index is 755. The first-order valence-electron chi connectivity index (χ1n) is 8.94. The van der Waals surface area contributed by atoms with E-state index < -0.39 is 5.82 Å². The number of carbonyl (C=O) groups excluding carboxylic acids is 1. The van der Waals surface area contributed by atoms with Crippen molar-refractivity contribution in [3.63, 3.8) is 0 Å². The maximum atomic E-state index is 13.8. The first-order valence-corrected chi connectivity index (χ1v) is 9.32. The number of benzene rings is 2. The van der Waals surface area contributed by atoms with Crippen LogP contribution in [0.15, 0.2) is 42.5 Å². The third kappa shape index (κ3) is 4.76. The fraction of sp³-hybridized carbons (Fsp3) is 0.381. The zero-order valence-electron chi connectivity index (χ0n) is 14.8. The topological polar surface area (TPSA) is 38.3 Å². The lowest BCUT2D eigenvalue weighted by atomic mass is 9.77. The third-order valence-corrected chi connectivity index (χ3v) is 5.35. The Hall–Kier alpha value is -2.07. The number of methoxy groups -OCH3 is 1. The van der Waals surface area contributed by atoms with Crippen LogP contribution < -0.4 is 10.1 Å². The molecule has 0 spiro atoms. The van der Waals surface area contributed by atoms with Crippen molar-refractivity contribution >= 4 is 23.2 Å². The van der Waals surface area contributed by atoms with Crippen LogP contribution in [0.2, 0.25) is 5.02 Å². The fourth-order valence-electron chi connectivity index (χ4n) is 3.63. The van der Waals surface area contributed by atoms with Gasteiger partial charge < -0.3 is 10.1 Å². The third-order valence-electron chi connectivity index (χ3n) is 5.11. The van der Waals surface area contributed by atoms with E-state index in [4.69, 9.17) is 16.3 Å². The maximum absolute atomic E-state index is 13.8. The van der Waals surface area contributed by atoms with Gasteiger partial charge in [-0.2, -0.15) is 0 Å². The lowest BCUT2D eigenvalue weighted by Gasteiger charge is -2.28. The molecule has 0 radical (unpaired) electrons. The molecule has 5 heteroatoms. The number of ether oxygens (including phenoxy) is 1. The Labute approximate surface area is 158 Å². The SMILES string of the molecule is COc1ccc([C@H]2CC[C@@H](CC(=O)Nc3ccc(Cl)cc3F)CC2)cc1. The zero-order valence-corrected chi connectivity index (χ0v) is 15.6. The summed E-state index contributed by atoms with van der Waals surface area (Å²) in [6.07, 6.45) is 4.58. The van der Waals surface area contributed by atoms with Crippen molar-refractivity contribution in [2.45, 2.75) is 38.0 Å². The molecule has 0 heterocycles. The molecular formula is C21H23ClFNO2. The Balaban J connectivity index is 1.49. The van der Waals surface area contributed by atoms with E-state index in [-0.39, 0.29) is 11.6 Å². The van der Waals surface area contributed by atoms with Crippen LogP contribution in [-0.4, -0.2) is 13.0 Å². The van der Waals surface area contributed by atoms with Crippen LogP contribution in [-0.2, 0) is 4.79 Å². The van der Waals surface area contributed by atoms with E-state index in [1.807, 2.05) is 12.1 Å². The van der Waals surface area contributed by atoms with Crippen LogP contribution in [0.1, 0.15) is 43.6 Å². The standard InChI is InChI=1S/C21H23ClFNO2/c1-26-18-9-6-16(7-10-18)15-4-2-14(3-5-15)12-21(25)24-20-11-8-17(22)13-19(20)23/h6-11,13-15H,2-5,12H2,1H3,(H,24,25)/t14-,15+. The minimum Gasteiger partial charge on any atom is -0.497 e. The molecule has 0 saturated heterocycles. The van der Waals surface area contributed by atoms with E-state index in [1.165, 1.54) is 17.7 Å². The van der Waals surface area contributed by atoms with Gasteiger partial charge in [0.1, 0.15) is 11.6 Å². The van der Waals surface area contributed by atoms with Crippen LogP contribution in [0.5, 0.6) is 5.75 Å². The molecule has 0 bridgehead atoms. The van der Waals surface area contributed by atoms with Crippen molar-refractivity contribution in [2.24, 2.45) is 5.92 Å². The summed E-state index contributed by atoms with van der Waals surface area (Å²) in [4.78, 5) is 12.2. The van der Waals surface area contributed by atoms with Crippen molar-refractivity contribution < 1.29 is 13.9 Å². The fourth-order valence-corrected chi connectivity index (χ4v) is 3.79. The molecule has 138 valence electrons. The van der Waals surface area contributed by atoms with Crippen LogP contribution in [0, 0.1) is 11.7 Å². The molecule has 1 N–H and O–H groups in total. The molecule has 1 amide bonds. The molecule has 0 atom stereocenters. The number of carbonyl (C=O) groups is 1. The summed E-state index contributed by atoms with van der Waals surface area (Å²) in [6.45, 7) is 0. The number of amides is 1. The van der Waals surface area contributed by atoms with E-state index in [9.17, 15) is 9.18 Å². The van der Waals surface area contributed by atoms with Crippen molar-refractivity contribution in [3.8, 4) is 5.75 Å². The van der Waals surface area contributed by atoms with Gasteiger partial charge in [-0.15, -0.1) is 0 Å². The Kier molecular flexibility index (Phi) is 6.15. The Morgan fingerprint density at radius 2 is 1.85 bits per heavy atom. The minimum atomic E-state index is -0.505. The number of hydrogen-bond donors (Lipinski definition) is 1. The van der Waals surface area contributed by atoms with Gasteiger partial charge in [0.15, 0.2) is 0 Å². The Morgan fingerprint density at radius 3 is 2.46 bits per heavy atom. The van der Waals surface area contributed by atoms with Gasteiger partial charge in [-0.05, 0) is 73.4 Å². The van der Waals surface area contributed by atoms with Gasteiger partial charge in [-0.1, -0.05) is 23.7 Å². The molecule has 1 aliphatic rings. The lowest BCUT2D eigenvalue weighted by molar-refractivity contribution is -0.117. The van der Waals surface area contributed by atoms with Gasteiger partial charge in [0.05, 0.1) is 12.8 Å². The van der Waals surface area contributed by atoms with Gasteiger partial charge in [-0.3, -0.25) is 4.79 Å². The van der Waals surface area contributed by atoms with Gasteiger partial charge in [-0.25, -0.2) is 4.39 Å². The number of hydrogen-bond acceptors (Lipinski definition) is 2. The molecule has 1 aliphatic carbocycles. The predicted octanol–water partition coefficient (Wildman–Crippen LogP) is 5.79. The molecule has 3 nitrogen and oxygen atoms in total. The molecule has 26 heavy (non-hydrogen) atoms. The van der Waals surface area contributed by atoms with Crippen molar-refractivity contribution in [3.05, 3.63) is 58.9 Å². The molecule has 3 rings (SSSR count). The summed E-state index contributed by atoms with van der Waals surface area (Å²) in [5.41, 5.74) is 1.52. The first kappa shape index (κ1) is 18.7. The molecule has 0 unspecified atom stereocenters.